The van der Waals surface area contributed by atoms with Gasteiger partial charge in [0.15, 0.2) is 0 Å². The van der Waals surface area contributed by atoms with Crippen molar-refractivity contribution in [1.82, 2.24) is 4.98 Å². The summed E-state index contributed by atoms with van der Waals surface area (Å²) in [6.07, 6.45) is 2.74. The van der Waals surface area contributed by atoms with E-state index in [9.17, 15) is 0 Å². The number of aryl methyl sites for hydroxylation is 1. The van der Waals surface area contributed by atoms with Crippen LogP contribution in [0.3, 0.4) is 0 Å². The monoisotopic (exact) mass is 449 g/mol. The van der Waals surface area contributed by atoms with Gasteiger partial charge in [-0.05, 0) is 43.9 Å². The number of hydrogen-bond donors (Lipinski definition) is 0. The fraction of sp³-hybridized carbons (Fsp3) is 0.333. The van der Waals surface area contributed by atoms with Crippen LogP contribution in [0.4, 0.5) is 5.69 Å². The number of pyridine rings is 1. The molecule has 4 rings (SSSR count). The summed E-state index contributed by atoms with van der Waals surface area (Å²) in [7, 11) is 0. The van der Waals surface area contributed by atoms with E-state index in [1.165, 1.54) is 5.69 Å². The number of anilines is 1. The first kappa shape index (κ1) is 19.8. The van der Waals surface area contributed by atoms with E-state index in [0.29, 0.717) is 27.4 Å². The molecule has 3 nitrogen and oxygen atoms in total. The molecule has 0 bridgehead atoms. The lowest BCUT2D eigenvalue weighted by molar-refractivity contribution is 0.413. The highest BCUT2D eigenvalue weighted by atomic mass is 35.5. The van der Waals surface area contributed by atoms with Gasteiger partial charge in [-0.3, -0.25) is 4.98 Å². The third-order valence-electron chi connectivity index (χ3n) is 5.24. The van der Waals surface area contributed by atoms with Crippen molar-refractivity contribution >= 4 is 62.0 Å². The van der Waals surface area contributed by atoms with Crippen molar-refractivity contribution < 1.29 is 0 Å². The summed E-state index contributed by atoms with van der Waals surface area (Å²) in [5.41, 5.74) is 4.80. The highest BCUT2D eigenvalue weighted by molar-refractivity contribution is 7.18. The average molecular weight is 451 g/mol. The van der Waals surface area contributed by atoms with Gasteiger partial charge in [0.05, 0.1) is 32.0 Å². The van der Waals surface area contributed by atoms with Crippen molar-refractivity contribution in [2.75, 3.05) is 18.0 Å². The molecule has 1 saturated heterocycles. The summed E-state index contributed by atoms with van der Waals surface area (Å²) < 4.78 is 1.14. The first-order valence-electron chi connectivity index (χ1n) is 9.13. The molecule has 3 aromatic rings. The van der Waals surface area contributed by atoms with Gasteiger partial charge in [0, 0.05) is 46.7 Å². The molecule has 3 heterocycles. The predicted molar refractivity (Wildman–Crippen MR) is 120 cm³/mol. The van der Waals surface area contributed by atoms with Crippen LogP contribution in [0.2, 0.25) is 15.1 Å². The second-order valence-electron chi connectivity index (χ2n) is 7.15. The minimum Gasteiger partial charge on any atom is -0.370 e. The van der Waals surface area contributed by atoms with Crippen molar-refractivity contribution in [3.8, 4) is 17.2 Å². The molecule has 1 fully saturated rings. The van der Waals surface area contributed by atoms with Crippen LogP contribution < -0.4 is 4.90 Å². The first-order valence-corrected chi connectivity index (χ1v) is 11.1. The molecule has 0 spiro atoms. The maximum absolute atomic E-state index is 8.95. The molecule has 0 atom stereocenters. The van der Waals surface area contributed by atoms with E-state index < -0.39 is 0 Å². The highest BCUT2D eigenvalue weighted by Gasteiger charge is 2.23. The number of nitrogens with zero attached hydrogens (tertiary/aromatic N) is 3. The van der Waals surface area contributed by atoms with E-state index in [2.05, 4.69) is 22.4 Å². The van der Waals surface area contributed by atoms with Crippen LogP contribution in [0.25, 0.3) is 21.3 Å². The molecule has 7 heteroatoms. The van der Waals surface area contributed by atoms with Gasteiger partial charge in [0.25, 0.3) is 0 Å². The molecule has 1 aromatic carbocycles. The molecular formula is C21H18Cl3N3S. The lowest BCUT2D eigenvalue weighted by atomic mass is 9.94. The Morgan fingerprint density at radius 3 is 2.50 bits per heavy atom. The molecule has 0 radical (unpaired) electrons. The Kier molecular flexibility index (Phi) is 5.71. The number of aromatic nitrogens is 1. The fourth-order valence-corrected chi connectivity index (χ4v) is 5.90. The van der Waals surface area contributed by atoms with Crippen molar-refractivity contribution in [2.24, 2.45) is 5.92 Å². The second kappa shape index (κ2) is 8.08. The normalized spacial score (nSPS) is 15.2. The summed E-state index contributed by atoms with van der Waals surface area (Å²) >= 11 is 20.7. The Balaban J connectivity index is 1.77. The third-order valence-corrected chi connectivity index (χ3v) is 7.05. The molecule has 144 valence electrons. The SMILES string of the molecule is Cc1cc(N2CCC(CC#N)CC2)c2scc(-c3c(Cl)cc(Cl)cc3Cl)c2n1. The van der Waals surface area contributed by atoms with Gasteiger partial charge in [0.2, 0.25) is 0 Å². The molecule has 1 aliphatic heterocycles. The maximum atomic E-state index is 8.95. The fourth-order valence-electron chi connectivity index (χ4n) is 3.84. The lowest BCUT2D eigenvalue weighted by Crippen LogP contribution is -2.33. The summed E-state index contributed by atoms with van der Waals surface area (Å²) in [6, 6.07) is 7.88. The molecule has 0 aliphatic carbocycles. The van der Waals surface area contributed by atoms with Crippen LogP contribution in [0.15, 0.2) is 23.6 Å². The Hall–Kier alpha value is -1.51. The van der Waals surface area contributed by atoms with E-state index in [-0.39, 0.29) is 0 Å². The Bertz CT molecular complexity index is 1060. The number of halogens is 3. The summed E-state index contributed by atoms with van der Waals surface area (Å²) in [6.45, 7) is 3.93. The summed E-state index contributed by atoms with van der Waals surface area (Å²) in [5.74, 6) is 0.505. The minimum atomic E-state index is 0.505. The van der Waals surface area contributed by atoms with Crippen molar-refractivity contribution in [3.63, 3.8) is 0 Å². The summed E-state index contributed by atoms with van der Waals surface area (Å²) in [5, 5.41) is 12.6. The molecule has 0 N–H and O–H groups in total. The van der Waals surface area contributed by atoms with Crippen LogP contribution in [-0.2, 0) is 0 Å². The molecule has 0 amide bonds. The van der Waals surface area contributed by atoms with Crippen LogP contribution >= 0.6 is 46.1 Å². The third kappa shape index (κ3) is 3.69. The molecule has 0 saturated carbocycles. The quantitative estimate of drug-likeness (QED) is 0.418. The number of thiophene rings is 1. The van der Waals surface area contributed by atoms with Gasteiger partial charge in [0.1, 0.15) is 0 Å². The number of hydrogen-bond acceptors (Lipinski definition) is 4. The molecular weight excluding hydrogens is 433 g/mol. The zero-order chi connectivity index (χ0) is 19.8. The van der Waals surface area contributed by atoms with E-state index >= 15 is 0 Å². The van der Waals surface area contributed by atoms with E-state index in [0.717, 1.165) is 53.0 Å². The standard InChI is InChI=1S/C21H18Cl3N3S/c1-12-8-18(27-6-3-13(2-5-25)4-7-27)21-20(26-12)15(11-28-21)19-16(23)9-14(22)10-17(19)24/h8-11,13H,2-4,6-7H2,1H3. The number of fused-ring (bicyclic) bond motifs is 1. The van der Waals surface area contributed by atoms with Crippen LogP contribution in [0, 0.1) is 24.2 Å². The Morgan fingerprint density at radius 1 is 1.18 bits per heavy atom. The number of rotatable bonds is 3. The van der Waals surface area contributed by atoms with E-state index in [4.69, 9.17) is 45.0 Å². The van der Waals surface area contributed by atoms with E-state index in [1.807, 2.05) is 6.92 Å². The van der Waals surface area contributed by atoms with Crippen LogP contribution in [0.1, 0.15) is 25.0 Å². The van der Waals surface area contributed by atoms with Crippen molar-refractivity contribution in [2.45, 2.75) is 26.2 Å². The molecule has 2 aromatic heterocycles. The Labute approximate surface area is 183 Å². The molecule has 28 heavy (non-hydrogen) atoms. The van der Waals surface area contributed by atoms with Gasteiger partial charge >= 0.3 is 0 Å². The maximum Gasteiger partial charge on any atom is 0.0913 e. The Morgan fingerprint density at radius 2 is 1.86 bits per heavy atom. The minimum absolute atomic E-state index is 0.505. The number of benzene rings is 1. The van der Waals surface area contributed by atoms with Crippen LogP contribution in [-0.4, -0.2) is 18.1 Å². The van der Waals surface area contributed by atoms with Crippen LogP contribution in [0.5, 0.6) is 0 Å². The smallest absolute Gasteiger partial charge is 0.0913 e. The average Bonchev–Trinajstić information content (AvgIpc) is 3.05. The molecule has 0 unspecified atom stereocenters. The first-order chi connectivity index (χ1) is 13.5. The second-order valence-corrected chi connectivity index (χ2v) is 9.28. The van der Waals surface area contributed by atoms with Gasteiger partial charge in [-0.15, -0.1) is 11.3 Å². The zero-order valence-electron chi connectivity index (χ0n) is 15.3. The zero-order valence-corrected chi connectivity index (χ0v) is 18.4. The van der Waals surface area contributed by atoms with Crippen molar-refractivity contribution in [3.05, 3.63) is 44.3 Å². The number of nitriles is 1. The van der Waals surface area contributed by atoms with Crippen molar-refractivity contribution in [1.29, 1.82) is 5.26 Å². The van der Waals surface area contributed by atoms with E-state index in [1.54, 1.807) is 23.5 Å². The van der Waals surface area contributed by atoms with Gasteiger partial charge in [-0.2, -0.15) is 5.26 Å². The molecule has 1 aliphatic rings. The lowest BCUT2D eigenvalue weighted by Gasteiger charge is -2.33. The van der Waals surface area contributed by atoms with Gasteiger partial charge < -0.3 is 4.90 Å². The topological polar surface area (TPSA) is 39.9 Å². The van der Waals surface area contributed by atoms with Gasteiger partial charge in [-0.1, -0.05) is 34.8 Å². The number of piperidine rings is 1. The predicted octanol–water partition coefficient (Wildman–Crippen LogP) is 7.36. The highest BCUT2D eigenvalue weighted by Crippen LogP contribution is 2.45. The largest absolute Gasteiger partial charge is 0.370 e. The van der Waals surface area contributed by atoms with Gasteiger partial charge in [-0.25, -0.2) is 0 Å². The summed E-state index contributed by atoms with van der Waals surface area (Å²) in [4.78, 5) is 7.22.